The Kier molecular flexibility index (Phi) is 4.29. The van der Waals surface area contributed by atoms with Crippen LogP contribution in [0.25, 0.3) is 0 Å². The van der Waals surface area contributed by atoms with Gasteiger partial charge < -0.3 is 5.32 Å². The van der Waals surface area contributed by atoms with Crippen molar-refractivity contribution in [3.8, 4) is 0 Å². The third kappa shape index (κ3) is 3.30. The van der Waals surface area contributed by atoms with Crippen molar-refractivity contribution in [1.29, 1.82) is 0 Å². The summed E-state index contributed by atoms with van der Waals surface area (Å²) in [6.45, 7) is 0.460. The number of pyridine rings is 1. The first kappa shape index (κ1) is 14.4. The summed E-state index contributed by atoms with van der Waals surface area (Å²) in [4.78, 5) is 3.72. The summed E-state index contributed by atoms with van der Waals surface area (Å²) in [5.41, 5.74) is 1.45. The summed E-state index contributed by atoms with van der Waals surface area (Å²) in [6, 6.07) is 10.7. The van der Waals surface area contributed by atoms with E-state index in [-0.39, 0.29) is 0 Å². The largest absolute Gasteiger partial charge is 0.379 e. The Morgan fingerprint density at radius 1 is 1.10 bits per heavy atom. The number of sulfone groups is 1. The van der Waals surface area contributed by atoms with Crippen molar-refractivity contribution >= 4 is 15.5 Å². The highest BCUT2D eigenvalue weighted by Gasteiger charge is 2.26. The number of hydrogen-bond acceptors (Lipinski definition) is 4. The molecule has 20 heavy (non-hydrogen) atoms. The SMILES string of the molecule is O=S(=O)(c1ccc(NCc2ccccn2)cc1)C(F)F. The van der Waals surface area contributed by atoms with Gasteiger partial charge in [-0.05, 0) is 36.4 Å². The van der Waals surface area contributed by atoms with Crippen LogP contribution in [0.5, 0.6) is 0 Å². The summed E-state index contributed by atoms with van der Waals surface area (Å²) in [5, 5.41) is 3.02. The Balaban J connectivity index is 2.06. The number of aromatic nitrogens is 1. The van der Waals surface area contributed by atoms with Crippen LogP contribution >= 0.6 is 0 Å². The smallest absolute Gasteiger partial charge is 0.341 e. The molecule has 2 rings (SSSR count). The average Bonchev–Trinajstić information content (AvgIpc) is 2.46. The van der Waals surface area contributed by atoms with E-state index < -0.39 is 20.5 Å². The molecule has 0 atom stereocenters. The Labute approximate surface area is 115 Å². The van der Waals surface area contributed by atoms with Crippen molar-refractivity contribution in [2.75, 3.05) is 5.32 Å². The predicted octanol–water partition coefficient (Wildman–Crippen LogP) is 2.69. The molecule has 0 spiro atoms. The fourth-order valence-electron chi connectivity index (χ4n) is 1.56. The van der Waals surface area contributed by atoms with Crippen molar-refractivity contribution in [3.63, 3.8) is 0 Å². The molecule has 0 aliphatic rings. The maximum Gasteiger partial charge on any atom is 0.341 e. The molecule has 0 saturated carbocycles. The van der Waals surface area contributed by atoms with Crippen LogP contribution in [0.3, 0.4) is 0 Å². The third-order valence-corrected chi connectivity index (χ3v) is 4.02. The molecule has 0 aliphatic carbocycles. The number of hydrogen-bond donors (Lipinski definition) is 1. The minimum Gasteiger partial charge on any atom is -0.379 e. The van der Waals surface area contributed by atoms with Crippen molar-refractivity contribution in [2.24, 2.45) is 0 Å². The molecular weight excluding hydrogens is 286 g/mol. The zero-order valence-electron chi connectivity index (χ0n) is 10.3. The van der Waals surface area contributed by atoms with Crippen molar-refractivity contribution in [2.45, 2.75) is 17.2 Å². The molecule has 0 aliphatic heterocycles. The fraction of sp³-hybridized carbons (Fsp3) is 0.154. The monoisotopic (exact) mass is 298 g/mol. The van der Waals surface area contributed by atoms with E-state index in [4.69, 9.17) is 0 Å². The topological polar surface area (TPSA) is 59.1 Å². The second kappa shape index (κ2) is 5.96. The molecule has 0 bridgehead atoms. The normalized spacial score (nSPS) is 11.6. The lowest BCUT2D eigenvalue weighted by Crippen LogP contribution is -2.11. The lowest BCUT2D eigenvalue weighted by molar-refractivity contribution is 0.234. The van der Waals surface area contributed by atoms with E-state index in [1.807, 2.05) is 12.1 Å². The van der Waals surface area contributed by atoms with Gasteiger partial charge in [-0.25, -0.2) is 8.42 Å². The summed E-state index contributed by atoms with van der Waals surface area (Å²) < 4.78 is 47.2. The molecule has 0 radical (unpaired) electrons. The molecule has 0 fully saturated rings. The molecule has 1 N–H and O–H groups in total. The summed E-state index contributed by atoms with van der Waals surface area (Å²) in [6.07, 6.45) is 1.66. The van der Waals surface area contributed by atoms with Crippen LogP contribution in [-0.4, -0.2) is 19.2 Å². The highest BCUT2D eigenvalue weighted by Crippen LogP contribution is 2.20. The summed E-state index contributed by atoms with van der Waals surface area (Å²) in [7, 11) is -4.53. The van der Waals surface area contributed by atoms with E-state index in [0.29, 0.717) is 12.2 Å². The highest BCUT2D eigenvalue weighted by molar-refractivity contribution is 7.91. The van der Waals surface area contributed by atoms with Crippen LogP contribution in [0, 0.1) is 0 Å². The molecule has 0 unspecified atom stereocenters. The minimum absolute atomic E-state index is 0.393. The van der Waals surface area contributed by atoms with Gasteiger partial charge >= 0.3 is 5.76 Å². The van der Waals surface area contributed by atoms with E-state index in [1.165, 1.54) is 12.1 Å². The number of halogens is 2. The Morgan fingerprint density at radius 2 is 1.80 bits per heavy atom. The van der Waals surface area contributed by atoms with Gasteiger partial charge in [0.25, 0.3) is 0 Å². The molecule has 4 nitrogen and oxygen atoms in total. The Hall–Kier alpha value is -2.02. The number of nitrogens with one attached hydrogen (secondary N) is 1. The maximum atomic E-state index is 12.4. The first-order valence-electron chi connectivity index (χ1n) is 5.76. The van der Waals surface area contributed by atoms with Gasteiger partial charge in [-0.2, -0.15) is 8.78 Å². The van der Waals surface area contributed by atoms with Gasteiger partial charge in [-0.1, -0.05) is 6.07 Å². The van der Waals surface area contributed by atoms with Gasteiger partial charge in [0.2, 0.25) is 9.84 Å². The van der Waals surface area contributed by atoms with E-state index in [9.17, 15) is 17.2 Å². The molecule has 106 valence electrons. The van der Waals surface area contributed by atoms with Crippen LogP contribution in [0.4, 0.5) is 14.5 Å². The number of rotatable bonds is 5. The molecule has 0 amide bonds. The molecule has 1 aromatic heterocycles. The van der Waals surface area contributed by atoms with Gasteiger partial charge in [0.05, 0.1) is 17.1 Å². The third-order valence-electron chi connectivity index (χ3n) is 2.62. The lowest BCUT2D eigenvalue weighted by atomic mass is 10.3. The van der Waals surface area contributed by atoms with Crippen molar-refractivity contribution in [1.82, 2.24) is 4.98 Å². The first-order valence-corrected chi connectivity index (χ1v) is 7.30. The van der Waals surface area contributed by atoms with E-state index in [0.717, 1.165) is 17.8 Å². The number of nitrogens with zero attached hydrogens (tertiary/aromatic N) is 1. The van der Waals surface area contributed by atoms with Crippen molar-refractivity contribution in [3.05, 3.63) is 54.4 Å². The molecular formula is C13H12F2N2O2S. The number of benzene rings is 1. The number of anilines is 1. The van der Waals surface area contributed by atoms with E-state index in [1.54, 1.807) is 12.3 Å². The van der Waals surface area contributed by atoms with Crippen LogP contribution < -0.4 is 5.32 Å². The lowest BCUT2D eigenvalue weighted by Gasteiger charge is -2.07. The van der Waals surface area contributed by atoms with Gasteiger partial charge in [0.15, 0.2) is 0 Å². The molecule has 1 heterocycles. The molecule has 7 heteroatoms. The van der Waals surface area contributed by atoms with Crippen LogP contribution in [-0.2, 0) is 16.4 Å². The van der Waals surface area contributed by atoms with Gasteiger partial charge in [0, 0.05) is 11.9 Å². The quantitative estimate of drug-likeness (QED) is 0.922. The maximum absolute atomic E-state index is 12.4. The van der Waals surface area contributed by atoms with Gasteiger partial charge in [-0.3, -0.25) is 4.98 Å². The Bertz CT molecular complexity index is 659. The summed E-state index contributed by atoms with van der Waals surface area (Å²) >= 11 is 0. The molecule has 1 aromatic carbocycles. The molecule has 2 aromatic rings. The number of alkyl halides is 2. The zero-order chi connectivity index (χ0) is 14.6. The minimum atomic E-state index is -4.53. The Morgan fingerprint density at radius 3 is 2.35 bits per heavy atom. The van der Waals surface area contributed by atoms with Crippen LogP contribution in [0.15, 0.2) is 53.6 Å². The first-order chi connectivity index (χ1) is 9.50. The van der Waals surface area contributed by atoms with E-state index >= 15 is 0 Å². The average molecular weight is 298 g/mol. The standard InChI is InChI=1S/C13H12F2N2O2S/c14-13(15)20(18,19)12-6-4-10(5-7-12)17-9-11-3-1-2-8-16-11/h1-8,13,17H,9H2. The fourth-order valence-corrected chi connectivity index (χ4v) is 2.28. The van der Waals surface area contributed by atoms with Gasteiger partial charge in [-0.15, -0.1) is 0 Å². The molecule has 0 saturated heterocycles. The van der Waals surface area contributed by atoms with Gasteiger partial charge in [0.1, 0.15) is 0 Å². The van der Waals surface area contributed by atoms with Crippen LogP contribution in [0.1, 0.15) is 5.69 Å². The predicted molar refractivity (Wildman–Crippen MR) is 71.2 cm³/mol. The zero-order valence-corrected chi connectivity index (χ0v) is 11.1. The van der Waals surface area contributed by atoms with E-state index in [2.05, 4.69) is 10.3 Å². The summed E-state index contributed by atoms with van der Waals surface area (Å²) in [5.74, 6) is -3.41. The second-order valence-corrected chi connectivity index (χ2v) is 5.92. The highest BCUT2D eigenvalue weighted by atomic mass is 32.2. The van der Waals surface area contributed by atoms with Crippen LogP contribution in [0.2, 0.25) is 0 Å². The van der Waals surface area contributed by atoms with Crippen molar-refractivity contribution < 1.29 is 17.2 Å². The second-order valence-electron chi connectivity index (χ2n) is 4.00.